The minimum absolute atomic E-state index is 0.581. The van der Waals surface area contributed by atoms with Crippen molar-refractivity contribution in [3.05, 3.63) is 89.3 Å². The van der Waals surface area contributed by atoms with E-state index in [1.165, 1.54) is 16.7 Å². The van der Waals surface area contributed by atoms with Crippen molar-refractivity contribution in [1.82, 2.24) is 20.3 Å². The van der Waals surface area contributed by atoms with Gasteiger partial charge in [0.25, 0.3) is 0 Å². The maximum absolute atomic E-state index is 5.98. The Morgan fingerprint density at radius 2 is 1.73 bits per heavy atom. The molecule has 0 radical (unpaired) electrons. The van der Waals surface area contributed by atoms with Crippen LogP contribution < -0.4 is 5.32 Å². The van der Waals surface area contributed by atoms with Gasteiger partial charge in [-0.05, 0) is 23.6 Å². The summed E-state index contributed by atoms with van der Waals surface area (Å²) in [5, 5.41) is 7.49. The Morgan fingerprint density at radius 1 is 0.970 bits per heavy atom. The van der Waals surface area contributed by atoms with Crippen LogP contribution in [0, 0.1) is 0 Å². The van der Waals surface area contributed by atoms with Crippen molar-refractivity contribution in [3.63, 3.8) is 0 Å². The zero-order valence-corrected chi connectivity index (χ0v) is 19.3. The predicted molar refractivity (Wildman–Crippen MR) is 130 cm³/mol. The lowest BCUT2D eigenvalue weighted by Gasteiger charge is -2.36. The average molecular weight is 448 g/mol. The van der Waals surface area contributed by atoms with Crippen LogP contribution in [0.3, 0.4) is 0 Å². The Morgan fingerprint density at radius 3 is 2.45 bits per heavy atom. The summed E-state index contributed by atoms with van der Waals surface area (Å²) in [6.45, 7) is 9.43. The number of hydrogen-bond donors (Lipinski definition) is 1. The number of nitrogens with zero attached hydrogens (tertiary/aromatic N) is 4. The van der Waals surface area contributed by atoms with Crippen LogP contribution in [0.25, 0.3) is 0 Å². The number of rotatable bonds is 9. The second-order valence-electron chi connectivity index (χ2n) is 8.17. The summed E-state index contributed by atoms with van der Waals surface area (Å²) in [6.07, 6.45) is 1.63. The third-order valence-corrected chi connectivity index (χ3v) is 5.77. The van der Waals surface area contributed by atoms with Crippen LogP contribution >= 0.6 is 0 Å². The third kappa shape index (κ3) is 6.91. The zero-order valence-electron chi connectivity index (χ0n) is 19.3. The van der Waals surface area contributed by atoms with E-state index < -0.39 is 0 Å². The number of aromatic nitrogens is 1. The minimum atomic E-state index is 0.581. The fraction of sp³-hybridized carbons (Fsp3) is 0.385. The Bertz CT molecular complexity index is 983. The fourth-order valence-corrected chi connectivity index (χ4v) is 3.96. The molecule has 2 heterocycles. The largest absolute Gasteiger partial charge is 0.372 e. The molecule has 1 saturated heterocycles. The van der Waals surface area contributed by atoms with Crippen LogP contribution in [-0.4, -0.2) is 53.6 Å². The smallest absolute Gasteiger partial charge is 0.194 e. The number of nitrogens with one attached hydrogen (secondary N) is 1. The summed E-state index contributed by atoms with van der Waals surface area (Å²) in [5.74, 6) is 0.971. The topological polar surface area (TPSA) is 66.1 Å². The van der Waals surface area contributed by atoms with E-state index in [1.807, 2.05) is 24.3 Å². The summed E-state index contributed by atoms with van der Waals surface area (Å²) < 4.78 is 10.9. The summed E-state index contributed by atoms with van der Waals surface area (Å²) in [5.41, 5.74) is 4.55. The molecule has 1 N–H and O–H groups in total. The van der Waals surface area contributed by atoms with E-state index >= 15 is 0 Å². The number of aliphatic imine (C=N–C) groups is 1. The molecular weight excluding hydrogens is 414 g/mol. The molecule has 0 aliphatic carbocycles. The molecule has 0 bridgehead atoms. The van der Waals surface area contributed by atoms with Gasteiger partial charge < -0.3 is 19.5 Å². The van der Waals surface area contributed by atoms with E-state index in [-0.39, 0.29) is 0 Å². The normalized spacial score (nSPS) is 15.1. The average Bonchev–Trinajstić information content (AvgIpc) is 3.37. The lowest BCUT2D eigenvalue weighted by atomic mass is 10.1. The van der Waals surface area contributed by atoms with Gasteiger partial charge in [-0.2, -0.15) is 0 Å². The highest BCUT2D eigenvalue weighted by atomic mass is 16.5. The van der Waals surface area contributed by atoms with E-state index in [1.54, 1.807) is 6.26 Å². The fourth-order valence-electron chi connectivity index (χ4n) is 3.96. The van der Waals surface area contributed by atoms with Crippen molar-refractivity contribution < 1.29 is 9.26 Å². The van der Waals surface area contributed by atoms with Gasteiger partial charge in [-0.1, -0.05) is 59.8 Å². The molecule has 7 nitrogen and oxygen atoms in total. The maximum Gasteiger partial charge on any atom is 0.194 e. The summed E-state index contributed by atoms with van der Waals surface area (Å²) >= 11 is 0. The first-order valence-corrected chi connectivity index (χ1v) is 11.6. The first-order chi connectivity index (χ1) is 16.3. The second-order valence-corrected chi connectivity index (χ2v) is 8.17. The van der Waals surface area contributed by atoms with Crippen LogP contribution in [0.5, 0.6) is 0 Å². The molecule has 1 aliphatic heterocycles. The number of ether oxygens (including phenoxy) is 1. The lowest BCUT2D eigenvalue weighted by Crippen LogP contribution is -2.52. The van der Waals surface area contributed by atoms with E-state index in [9.17, 15) is 0 Å². The van der Waals surface area contributed by atoms with Crippen molar-refractivity contribution in [1.29, 1.82) is 0 Å². The van der Waals surface area contributed by atoms with Gasteiger partial charge in [-0.15, -0.1) is 0 Å². The van der Waals surface area contributed by atoms with Gasteiger partial charge in [-0.25, -0.2) is 4.99 Å². The van der Waals surface area contributed by atoms with Crippen LogP contribution in [0.2, 0.25) is 0 Å². The van der Waals surface area contributed by atoms with Crippen LogP contribution in [0.15, 0.2) is 76.4 Å². The van der Waals surface area contributed by atoms with E-state index in [4.69, 9.17) is 14.3 Å². The maximum atomic E-state index is 5.98. The number of hydrogen-bond acceptors (Lipinski definition) is 5. The molecule has 7 heteroatoms. The Balaban J connectivity index is 1.33. The quantitative estimate of drug-likeness (QED) is 0.399. The molecule has 1 aliphatic rings. The van der Waals surface area contributed by atoms with Crippen molar-refractivity contribution >= 4 is 5.96 Å². The molecule has 3 aromatic rings. The molecule has 2 aromatic carbocycles. The molecule has 1 aromatic heterocycles. The molecule has 4 rings (SSSR count). The molecule has 0 amide bonds. The van der Waals surface area contributed by atoms with Crippen molar-refractivity contribution in [2.75, 3.05) is 32.7 Å². The zero-order chi connectivity index (χ0) is 22.7. The molecule has 0 atom stereocenters. The molecule has 0 unspecified atom stereocenters. The van der Waals surface area contributed by atoms with Crippen LogP contribution in [0.1, 0.15) is 29.3 Å². The number of piperazine rings is 1. The first kappa shape index (κ1) is 23.0. The molecule has 0 spiro atoms. The van der Waals surface area contributed by atoms with Gasteiger partial charge in [0.05, 0.1) is 25.5 Å². The number of benzene rings is 2. The summed E-state index contributed by atoms with van der Waals surface area (Å²) in [4.78, 5) is 9.71. The van der Waals surface area contributed by atoms with Gasteiger partial charge >= 0.3 is 0 Å². The van der Waals surface area contributed by atoms with E-state index in [2.05, 4.69) is 63.6 Å². The monoisotopic (exact) mass is 447 g/mol. The molecule has 0 saturated carbocycles. The van der Waals surface area contributed by atoms with E-state index in [0.717, 1.165) is 50.9 Å². The van der Waals surface area contributed by atoms with Gasteiger partial charge in [0.1, 0.15) is 6.26 Å². The third-order valence-electron chi connectivity index (χ3n) is 5.77. The van der Waals surface area contributed by atoms with Crippen molar-refractivity contribution in [3.8, 4) is 0 Å². The predicted octanol–water partition coefficient (Wildman–Crippen LogP) is 3.67. The minimum Gasteiger partial charge on any atom is -0.372 e. The number of guanidine groups is 1. The highest BCUT2D eigenvalue weighted by Crippen LogP contribution is 2.14. The molecule has 174 valence electrons. The van der Waals surface area contributed by atoms with Gasteiger partial charge in [0, 0.05) is 45.3 Å². The molecule has 1 fully saturated rings. The SMILES string of the molecule is CCNC(=NCc1ccccc1COCc1ccccc1)N1CCN(Cc2ccon2)CC1. The Hall–Kier alpha value is -3.16. The van der Waals surface area contributed by atoms with Crippen LogP contribution in [0.4, 0.5) is 0 Å². The highest BCUT2D eigenvalue weighted by Gasteiger charge is 2.20. The van der Waals surface area contributed by atoms with E-state index in [0.29, 0.717) is 19.8 Å². The van der Waals surface area contributed by atoms with Gasteiger partial charge in [-0.3, -0.25) is 4.90 Å². The lowest BCUT2D eigenvalue weighted by molar-refractivity contribution is 0.106. The van der Waals surface area contributed by atoms with Crippen LogP contribution in [-0.2, 0) is 31.0 Å². The van der Waals surface area contributed by atoms with Crippen molar-refractivity contribution in [2.45, 2.75) is 33.2 Å². The molecular formula is C26H33N5O2. The standard InChI is InChI=1S/C26H33N5O2/c1-2-27-26(31-15-13-30(14-16-31)19-25-12-17-33-29-25)28-18-23-10-6-7-11-24(23)21-32-20-22-8-4-3-5-9-22/h3-12,17H,2,13-16,18-21H2,1H3,(H,27,28). The highest BCUT2D eigenvalue weighted by molar-refractivity contribution is 5.80. The van der Waals surface area contributed by atoms with Crippen molar-refractivity contribution in [2.24, 2.45) is 4.99 Å². The Labute approximate surface area is 196 Å². The summed E-state index contributed by atoms with van der Waals surface area (Å²) in [7, 11) is 0. The van der Waals surface area contributed by atoms with Gasteiger partial charge in [0.15, 0.2) is 5.96 Å². The Kier molecular flexibility index (Phi) is 8.49. The first-order valence-electron chi connectivity index (χ1n) is 11.6. The van der Waals surface area contributed by atoms with Gasteiger partial charge in [0.2, 0.25) is 0 Å². The molecule has 33 heavy (non-hydrogen) atoms. The second kappa shape index (κ2) is 12.2. The summed E-state index contributed by atoms with van der Waals surface area (Å²) in [6, 6.07) is 20.6.